The second-order valence-corrected chi connectivity index (χ2v) is 5.98. The summed E-state index contributed by atoms with van der Waals surface area (Å²) in [7, 11) is 4.25. The molecule has 1 saturated heterocycles. The van der Waals surface area contributed by atoms with Crippen LogP contribution in [0.5, 0.6) is 0 Å². The Morgan fingerprint density at radius 3 is 2.68 bits per heavy atom. The maximum absolute atomic E-state index is 11.3. The van der Waals surface area contributed by atoms with Crippen molar-refractivity contribution in [2.75, 3.05) is 40.3 Å². The van der Waals surface area contributed by atoms with Gasteiger partial charge < -0.3 is 20.2 Å². The number of carboxylic acid groups (broad SMARTS) is 1. The average molecular weight is 271 g/mol. The normalized spacial score (nSPS) is 23.7. The fraction of sp³-hybridized carbons (Fsp3) is 0.929. The molecule has 5 heteroatoms. The molecule has 0 saturated carbocycles. The third kappa shape index (κ3) is 4.75. The molecule has 2 atom stereocenters. The first kappa shape index (κ1) is 16.4. The molecule has 1 rings (SSSR count). The minimum absolute atomic E-state index is 0.652. The molecule has 1 heterocycles. The lowest BCUT2D eigenvalue weighted by Gasteiger charge is -2.27. The van der Waals surface area contributed by atoms with E-state index in [1.54, 1.807) is 6.92 Å². The van der Waals surface area contributed by atoms with Crippen LogP contribution in [-0.2, 0) is 4.79 Å². The Hall–Kier alpha value is -0.650. The van der Waals surface area contributed by atoms with Gasteiger partial charge in [-0.15, -0.1) is 0 Å². The van der Waals surface area contributed by atoms with Gasteiger partial charge in [0.25, 0.3) is 0 Å². The zero-order chi connectivity index (χ0) is 14.5. The van der Waals surface area contributed by atoms with Crippen LogP contribution in [0.3, 0.4) is 0 Å². The van der Waals surface area contributed by atoms with Gasteiger partial charge >= 0.3 is 5.97 Å². The summed E-state index contributed by atoms with van der Waals surface area (Å²) in [5.74, 6) is -0.748. The summed E-state index contributed by atoms with van der Waals surface area (Å²) in [6.07, 6.45) is 2.83. The Bertz CT molecular complexity index is 296. The molecule has 0 aromatic rings. The van der Waals surface area contributed by atoms with Crippen LogP contribution in [0, 0.1) is 0 Å². The monoisotopic (exact) mass is 271 g/mol. The van der Waals surface area contributed by atoms with E-state index in [-0.39, 0.29) is 0 Å². The molecular weight excluding hydrogens is 242 g/mol. The Morgan fingerprint density at radius 1 is 1.53 bits per heavy atom. The summed E-state index contributed by atoms with van der Waals surface area (Å²) in [5, 5.41) is 12.4. The van der Waals surface area contributed by atoms with Gasteiger partial charge in [-0.2, -0.15) is 0 Å². The molecule has 0 spiro atoms. The third-order valence-corrected chi connectivity index (χ3v) is 4.17. The first-order chi connectivity index (χ1) is 8.89. The van der Waals surface area contributed by atoms with E-state index in [0.717, 1.165) is 26.1 Å². The number of nitrogens with one attached hydrogen (secondary N) is 1. The molecule has 2 N–H and O–H groups in total. The highest BCUT2D eigenvalue weighted by Gasteiger charge is 2.32. The zero-order valence-electron chi connectivity index (χ0n) is 12.8. The van der Waals surface area contributed by atoms with E-state index in [4.69, 9.17) is 0 Å². The lowest BCUT2D eigenvalue weighted by Crippen LogP contribution is -2.49. The second kappa shape index (κ2) is 7.22. The maximum atomic E-state index is 11.3. The van der Waals surface area contributed by atoms with Crippen molar-refractivity contribution in [3.63, 3.8) is 0 Å². The summed E-state index contributed by atoms with van der Waals surface area (Å²) in [4.78, 5) is 16.0. The highest BCUT2D eigenvalue weighted by Crippen LogP contribution is 2.17. The minimum atomic E-state index is -0.782. The van der Waals surface area contributed by atoms with Crippen molar-refractivity contribution in [1.82, 2.24) is 15.1 Å². The molecule has 112 valence electrons. The van der Waals surface area contributed by atoms with Crippen LogP contribution in [-0.4, -0.2) is 72.7 Å². The number of likely N-dealkylation sites (N-methyl/N-ethyl adjacent to an activating group) is 2. The highest BCUT2D eigenvalue weighted by atomic mass is 16.4. The van der Waals surface area contributed by atoms with Gasteiger partial charge in [0.15, 0.2) is 0 Å². The largest absolute Gasteiger partial charge is 0.480 e. The number of hydrogen-bond donors (Lipinski definition) is 2. The lowest BCUT2D eigenvalue weighted by molar-refractivity contribution is -0.144. The molecule has 19 heavy (non-hydrogen) atoms. The summed E-state index contributed by atoms with van der Waals surface area (Å²) in [5.41, 5.74) is -0.782. The van der Waals surface area contributed by atoms with Gasteiger partial charge in [-0.25, -0.2) is 0 Å². The van der Waals surface area contributed by atoms with Crippen molar-refractivity contribution in [2.24, 2.45) is 0 Å². The molecule has 0 radical (unpaired) electrons. The standard InChI is InChI=1S/C14H29N3O2/c1-5-15-14(2,13(18)19)8-6-9-17-10-7-12(11-17)16(3)4/h12,15H,5-11H2,1-4H3,(H,18,19). The minimum Gasteiger partial charge on any atom is -0.480 e. The van der Waals surface area contributed by atoms with E-state index in [2.05, 4.69) is 29.2 Å². The van der Waals surface area contributed by atoms with Crippen molar-refractivity contribution in [3.8, 4) is 0 Å². The number of carbonyl (C=O) groups is 1. The number of hydrogen-bond acceptors (Lipinski definition) is 4. The Balaban J connectivity index is 2.32. The van der Waals surface area contributed by atoms with Gasteiger partial charge in [-0.1, -0.05) is 6.92 Å². The van der Waals surface area contributed by atoms with Crippen LogP contribution in [0.25, 0.3) is 0 Å². The fourth-order valence-electron chi connectivity index (χ4n) is 2.75. The number of aliphatic carboxylic acids is 1. The van der Waals surface area contributed by atoms with E-state index in [0.29, 0.717) is 19.0 Å². The molecule has 1 fully saturated rings. The predicted octanol–water partition coefficient (Wildman–Crippen LogP) is 0.855. The number of rotatable bonds is 8. The number of likely N-dealkylation sites (tertiary alicyclic amines) is 1. The van der Waals surface area contributed by atoms with Crippen molar-refractivity contribution >= 4 is 5.97 Å². The molecule has 2 unspecified atom stereocenters. The van der Waals surface area contributed by atoms with Gasteiger partial charge in [0.2, 0.25) is 0 Å². The first-order valence-electron chi connectivity index (χ1n) is 7.26. The van der Waals surface area contributed by atoms with E-state index >= 15 is 0 Å². The topological polar surface area (TPSA) is 55.8 Å². The molecule has 5 nitrogen and oxygen atoms in total. The quantitative estimate of drug-likeness (QED) is 0.685. The zero-order valence-corrected chi connectivity index (χ0v) is 12.8. The molecule has 1 aliphatic heterocycles. The molecule has 0 amide bonds. The van der Waals surface area contributed by atoms with Crippen LogP contribution in [0.4, 0.5) is 0 Å². The molecular formula is C14H29N3O2. The van der Waals surface area contributed by atoms with E-state index in [9.17, 15) is 9.90 Å². The smallest absolute Gasteiger partial charge is 0.323 e. The van der Waals surface area contributed by atoms with Crippen molar-refractivity contribution < 1.29 is 9.90 Å². The van der Waals surface area contributed by atoms with Crippen molar-refractivity contribution in [1.29, 1.82) is 0 Å². The number of nitrogens with zero attached hydrogens (tertiary/aromatic N) is 2. The van der Waals surface area contributed by atoms with Crippen molar-refractivity contribution in [2.45, 2.75) is 44.7 Å². The first-order valence-corrected chi connectivity index (χ1v) is 7.26. The second-order valence-electron chi connectivity index (χ2n) is 5.98. The van der Waals surface area contributed by atoms with E-state index in [1.165, 1.54) is 6.42 Å². The van der Waals surface area contributed by atoms with Gasteiger partial charge in [-0.3, -0.25) is 4.79 Å². The van der Waals surface area contributed by atoms with Gasteiger partial charge in [-0.05, 0) is 59.9 Å². The predicted molar refractivity (Wildman–Crippen MR) is 77.5 cm³/mol. The van der Waals surface area contributed by atoms with Crippen molar-refractivity contribution in [3.05, 3.63) is 0 Å². The van der Waals surface area contributed by atoms with E-state index < -0.39 is 11.5 Å². The lowest BCUT2D eigenvalue weighted by atomic mass is 9.96. The van der Waals surface area contributed by atoms with Gasteiger partial charge in [0.05, 0.1) is 0 Å². The highest BCUT2D eigenvalue weighted by molar-refractivity contribution is 5.78. The van der Waals surface area contributed by atoms with Crippen LogP contribution >= 0.6 is 0 Å². The van der Waals surface area contributed by atoms with Crippen LogP contribution in [0.2, 0.25) is 0 Å². The van der Waals surface area contributed by atoms with E-state index in [1.807, 2.05) is 6.92 Å². The van der Waals surface area contributed by atoms with Gasteiger partial charge in [0.1, 0.15) is 5.54 Å². The van der Waals surface area contributed by atoms with Crippen LogP contribution in [0.1, 0.15) is 33.1 Å². The maximum Gasteiger partial charge on any atom is 0.323 e. The Kier molecular flexibility index (Phi) is 6.23. The molecule has 0 aromatic carbocycles. The molecule has 0 aromatic heterocycles. The van der Waals surface area contributed by atoms with Gasteiger partial charge in [0, 0.05) is 12.6 Å². The SMILES string of the molecule is CCNC(C)(CCCN1CCC(N(C)C)C1)C(=O)O. The van der Waals surface area contributed by atoms with Crippen LogP contribution < -0.4 is 5.32 Å². The summed E-state index contributed by atoms with van der Waals surface area (Å²) >= 11 is 0. The molecule has 0 bridgehead atoms. The Labute approximate surface area is 117 Å². The average Bonchev–Trinajstić information content (AvgIpc) is 2.78. The summed E-state index contributed by atoms with van der Waals surface area (Å²) in [6, 6.07) is 0.652. The summed E-state index contributed by atoms with van der Waals surface area (Å²) in [6.45, 7) is 7.66. The Morgan fingerprint density at radius 2 is 2.21 bits per heavy atom. The fourth-order valence-corrected chi connectivity index (χ4v) is 2.75. The molecule has 1 aliphatic rings. The summed E-state index contributed by atoms with van der Waals surface area (Å²) < 4.78 is 0. The number of carboxylic acids is 1. The molecule has 0 aliphatic carbocycles. The third-order valence-electron chi connectivity index (χ3n) is 4.17. The van der Waals surface area contributed by atoms with Crippen LogP contribution in [0.15, 0.2) is 0 Å².